The molecule has 1 heterocycles. The quantitative estimate of drug-likeness (QED) is 0.692. The fraction of sp³-hybridized carbons (Fsp3) is 0.500. The van der Waals surface area contributed by atoms with Crippen molar-refractivity contribution in [1.29, 1.82) is 0 Å². The number of hydrogen-bond donors (Lipinski definition) is 1. The maximum atomic E-state index is 11.7. The van der Waals surface area contributed by atoms with Crippen LogP contribution in [0, 0.1) is 0 Å². The van der Waals surface area contributed by atoms with Crippen LogP contribution < -0.4 is 5.32 Å². The van der Waals surface area contributed by atoms with Crippen molar-refractivity contribution in [2.45, 2.75) is 6.54 Å². The van der Waals surface area contributed by atoms with E-state index in [1.807, 2.05) is 18.2 Å². The lowest BCUT2D eigenvalue weighted by molar-refractivity contribution is -0.129. The number of pyridine rings is 1. The van der Waals surface area contributed by atoms with Gasteiger partial charge in [-0.1, -0.05) is 6.07 Å². The molecule has 1 aromatic rings. The molecule has 0 saturated heterocycles. The topological polar surface area (TPSA) is 54.5 Å². The zero-order valence-corrected chi connectivity index (χ0v) is 10.3. The van der Waals surface area contributed by atoms with Gasteiger partial charge in [0.15, 0.2) is 0 Å². The Morgan fingerprint density at radius 2 is 2.35 bits per heavy atom. The summed E-state index contributed by atoms with van der Waals surface area (Å²) < 4.78 is 4.88. The molecule has 0 aromatic carbocycles. The smallest absolute Gasteiger partial charge is 0.236 e. The number of likely N-dealkylation sites (N-methyl/N-ethyl adjacent to an activating group) is 1. The number of nitrogens with one attached hydrogen (secondary N) is 1. The van der Waals surface area contributed by atoms with Crippen molar-refractivity contribution in [3.8, 4) is 0 Å². The largest absolute Gasteiger partial charge is 0.383 e. The van der Waals surface area contributed by atoms with Gasteiger partial charge >= 0.3 is 0 Å². The van der Waals surface area contributed by atoms with Gasteiger partial charge in [0.25, 0.3) is 0 Å². The highest BCUT2D eigenvalue weighted by molar-refractivity contribution is 5.77. The van der Waals surface area contributed by atoms with Gasteiger partial charge in [0, 0.05) is 26.9 Å². The van der Waals surface area contributed by atoms with Crippen molar-refractivity contribution in [3.63, 3.8) is 0 Å². The van der Waals surface area contributed by atoms with Gasteiger partial charge in [-0.05, 0) is 12.1 Å². The fourth-order valence-corrected chi connectivity index (χ4v) is 1.33. The van der Waals surface area contributed by atoms with Crippen molar-refractivity contribution >= 4 is 5.91 Å². The van der Waals surface area contributed by atoms with E-state index < -0.39 is 0 Å². The first kappa shape index (κ1) is 13.6. The summed E-state index contributed by atoms with van der Waals surface area (Å²) in [7, 11) is 3.41. The van der Waals surface area contributed by atoms with Crippen LogP contribution in [-0.4, -0.2) is 49.6 Å². The van der Waals surface area contributed by atoms with Crippen molar-refractivity contribution in [1.82, 2.24) is 15.2 Å². The second-order valence-electron chi connectivity index (χ2n) is 3.74. The summed E-state index contributed by atoms with van der Waals surface area (Å²) >= 11 is 0. The van der Waals surface area contributed by atoms with E-state index in [1.54, 1.807) is 25.3 Å². The number of hydrogen-bond acceptors (Lipinski definition) is 4. The SMILES string of the molecule is COCCNCC(=O)N(C)Cc1ccccn1. The van der Waals surface area contributed by atoms with Crippen LogP contribution in [0.4, 0.5) is 0 Å². The average Bonchev–Trinajstić information content (AvgIpc) is 2.35. The van der Waals surface area contributed by atoms with Crippen LogP contribution in [-0.2, 0) is 16.1 Å². The maximum Gasteiger partial charge on any atom is 0.236 e. The zero-order valence-electron chi connectivity index (χ0n) is 10.3. The molecular formula is C12H19N3O2. The van der Waals surface area contributed by atoms with E-state index in [2.05, 4.69) is 10.3 Å². The average molecular weight is 237 g/mol. The second kappa shape index (κ2) is 7.76. The molecule has 0 spiro atoms. The van der Waals surface area contributed by atoms with E-state index in [9.17, 15) is 4.79 Å². The van der Waals surface area contributed by atoms with E-state index in [0.29, 0.717) is 26.2 Å². The van der Waals surface area contributed by atoms with E-state index in [4.69, 9.17) is 4.74 Å². The second-order valence-corrected chi connectivity index (χ2v) is 3.74. The van der Waals surface area contributed by atoms with E-state index in [-0.39, 0.29) is 5.91 Å². The van der Waals surface area contributed by atoms with Gasteiger partial charge in [-0.25, -0.2) is 0 Å². The van der Waals surface area contributed by atoms with Gasteiger partial charge < -0.3 is 15.0 Å². The van der Waals surface area contributed by atoms with Gasteiger partial charge in [-0.15, -0.1) is 0 Å². The highest BCUT2D eigenvalue weighted by Crippen LogP contribution is 1.98. The normalized spacial score (nSPS) is 10.2. The first-order chi connectivity index (χ1) is 8.24. The minimum absolute atomic E-state index is 0.0479. The van der Waals surface area contributed by atoms with Crippen LogP contribution in [0.1, 0.15) is 5.69 Å². The Bertz CT molecular complexity index is 330. The Labute approximate surface area is 102 Å². The minimum atomic E-state index is 0.0479. The van der Waals surface area contributed by atoms with E-state index in [0.717, 1.165) is 5.69 Å². The number of carbonyl (C=O) groups is 1. The summed E-state index contributed by atoms with van der Waals surface area (Å²) in [6.45, 7) is 2.15. The Hall–Kier alpha value is -1.46. The van der Waals surface area contributed by atoms with Crippen molar-refractivity contribution < 1.29 is 9.53 Å². The van der Waals surface area contributed by atoms with Crippen molar-refractivity contribution in [3.05, 3.63) is 30.1 Å². The fourth-order valence-electron chi connectivity index (χ4n) is 1.33. The third-order valence-corrected chi connectivity index (χ3v) is 2.31. The number of aromatic nitrogens is 1. The van der Waals surface area contributed by atoms with Crippen molar-refractivity contribution in [2.75, 3.05) is 33.9 Å². The summed E-state index contributed by atoms with van der Waals surface area (Å²) in [5.74, 6) is 0.0479. The molecular weight excluding hydrogens is 218 g/mol. The molecule has 0 aliphatic rings. The monoisotopic (exact) mass is 237 g/mol. The molecule has 1 N–H and O–H groups in total. The first-order valence-electron chi connectivity index (χ1n) is 5.57. The summed E-state index contributed by atoms with van der Waals surface area (Å²) in [6.07, 6.45) is 1.73. The van der Waals surface area contributed by atoms with E-state index in [1.165, 1.54) is 0 Å². The summed E-state index contributed by atoms with van der Waals surface area (Å²) in [5.41, 5.74) is 0.889. The molecule has 1 aromatic heterocycles. The van der Waals surface area contributed by atoms with Crippen LogP contribution in [0.3, 0.4) is 0 Å². The third kappa shape index (κ3) is 5.42. The number of ether oxygens (including phenoxy) is 1. The van der Waals surface area contributed by atoms with Gasteiger partial charge in [-0.2, -0.15) is 0 Å². The maximum absolute atomic E-state index is 11.7. The van der Waals surface area contributed by atoms with Crippen LogP contribution in [0.25, 0.3) is 0 Å². The molecule has 0 fully saturated rings. The van der Waals surface area contributed by atoms with Gasteiger partial charge in [0.05, 0.1) is 25.4 Å². The van der Waals surface area contributed by atoms with Gasteiger partial charge in [-0.3, -0.25) is 9.78 Å². The summed E-state index contributed by atoms with van der Waals surface area (Å²) in [4.78, 5) is 17.5. The molecule has 0 saturated carbocycles. The Kier molecular flexibility index (Phi) is 6.21. The van der Waals surface area contributed by atoms with Gasteiger partial charge in [0.2, 0.25) is 5.91 Å². The molecule has 5 heteroatoms. The molecule has 17 heavy (non-hydrogen) atoms. The Balaban J connectivity index is 2.27. The summed E-state index contributed by atoms with van der Waals surface area (Å²) in [5, 5.41) is 3.02. The predicted molar refractivity (Wildman–Crippen MR) is 65.5 cm³/mol. The van der Waals surface area contributed by atoms with Gasteiger partial charge in [0.1, 0.15) is 0 Å². The molecule has 0 radical (unpaired) electrons. The molecule has 94 valence electrons. The number of methoxy groups -OCH3 is 1. The number of nitrogens with zero attached hydrogens (tertiary/aromatic N) is 2. The third-order valence-electron chi connectivity index (χ3n) is 2.31. The lowest BCUT2D eigenvalue weighted by atomic mass is 10.3. The molecule has 1 amide bonds. The van der Waals surface area contributed by atoms with E-state index >= 15 is 0 Å². The highest BCUT2D eigenvalue weighted by Gasteiger charge is 2.08. The molecule has 5 nitrogen and oxygen atoms in total. The molecule has 0 aliphatic carbocycles. The molecule has 0 aliphatic heterocycles. The Morgan fingerprint density at radius 3 is 3.00 bits per heavy atom. The van der Waals surface area contributed by atoms with Crippen LogP contribution in [0.5, 0.6) is 0 Å². The summed E-state index contributed by atoms with van der Waals surface area (Å²) in [6, 6.07) is 5.68. The molecule has 1 rings (SSSR count). The predicted octanol–water partition coefficient (Wildman–Crippen LogP) is 0.276. The lowest BCUT2D eigenvalue weighted by Gasteiger charge is -2.16. The lowest BCUT2D eigenvalue weighted by Crippen LogP contribution is -2.36. The van der Waals surface area contributed by atoms with Crippen LogP contribution >= 0.6 is 0 Å². The number of rotatable bonds is 7. The number of carbonyl (C=O) groups excluding carboxylic acids is 1. The minimum Gasteiger partial charge on any atom is -0.383 e. The Morgan fingerprint density at radius 1 is 1.53 bits per heavy atom. The van der Waals surface area contributed by atoms with Crippen LogP contribution in [0.2, 0.25) is 0 Å². The molecule has 0 bridgehead atoms. The molecule has 0 atom stereocenters. The van der Waals surface area contributed by atoms with Crippen LogP contribution in [0.15, 0.2) is 24.4 Å². The first-order valence-corrected chi connectivity index (χ1v) is 5.57. The van der Waals surface area contributed by atoms with Crippen molar-refractivity contribution in [2.24, 2.45) is 0 Å². The zero-order chi connectivity index (χ0) is 12.5. The molecule has 0 unspecified atom stereocenters. The standard InChI is InChI=1S/C12H19N3O2/c1-15(10-11-5-3-4-6-14-11)12(16)9-13-7-8-17-2/h3-6,13H,7-10H2,1-2H3. The number of amides is 1. The highest BCUT2D eigenvalue weighted by atomic mass is 16.5.